The number of amides is 1. The van der Waals surface area contributed by atoms with Crippen LogP contribution in [0, 0.1) is 20.8 Å². The van der Waals surface area contributed by atoms with Crippen LogP contribution < -0.4 is 20.9 Å². The van der Waals surface area contributed by atoms with Crippen LogP contribution in [0.4, 0.5) is 5.82 Å². The van der Waals surface area contributed by atoms with Crippen molar-refractivity contribution in [1.29, 1.82) is 0 Å². The molecule has 3 N–H and O–H groups in total. The van der Waals surface area contributed by atoms with Crippen LogP contribution in [0.25, 0.3) is 22.0 Å². The quantitative estimate of drug-likeness (QED) is 0.305. The van der Waals surface area contributed by atoms with Crippen molar-refractivity contribution in [2.24, 2.45) is 0 Å². The molecule has 198 valence electrons. The van der Waals surface area contributed by atoms with Crippen molar-refractivity contribution in [1.82, 2.24) is 19.0 Å². The zero-order valence-corrected chi connectivity index (χ0v) is 22.9. The van der Waals surface area contributed by atoms with Gasteiger partial charge in [0, 0.05) is 18.0 Å². The number of hydrogen-bond acceptors (Lipinski definition) is 8. The predicted octanol–water partition coefficient (Wildman–Crippen LogP) is 4.63. The van der Waals surface area contributed by atoms with Gasteiger partial charge in [0.05, 0.1) is 59.4 Å². The third-order valence-electron chi connectivity index (χ3n) is 6.83. The van der Waals surface area contributed by atoms with Gasteiger partial charge in [-0.1, -0.05) is 23.7 Å². The minimum Gasteiger partial charge on any atom is -0.492 e. The van der Waals surface area contributed by atoms with E-state index in [1.54, 1.807) is 12.1 Å². The summed E-state index contributed by atoms with van der Waals surface area (Å²) in [5.41, 5.74) is 4.88. The van der Waals surface area contributed by atoms with Crippen LogP contribution in [0.5, 0.6) is 5.75 Å². The lowest BCUT2D eigenvalue weighted by molar-refractivity contribution is 0.0692. The van der Waals surface area contributed by atoms with Crippen molar-refractivity contribution in [2.75, 3.05) is 31.7 Å². The Hall–Kier alpha value is -3.31. The Morgan fingerprint density at radius 3 is 2.71 bits per heavy atom. The second kappa shape index (κ2) is 11.2. The Morgan fingerprint density at radius 2 is 2.03 bits per heavy atom. The summed E-state index contributed by atoms with van der Waals surface area (Å²) < 4.78 is 19.9. The van der Waals surface area contributed by atoms with Crippen LogP contribution in [0.2, 0.25) is 5.02 Å². The molecule has 1 aliphatic rings. The van der Waals surface area contributed by atoms with E-state index in [-0.39, 0.29) is 22.2 Å². The number of benzene rings is 2. The topological polar surface area (TPSA) is 118 Å². The van der Waals surface area contributed by atoms with Crippen molar-refractivity contribution in [3.63, 3.8) is 0 Å². The average molecular weight is 554 g/mol. The molecule has 0 spiro atoms. The first-order valence-electron chi connectivity index (χ1n) is 12.3. The molecule has 2 aromatic carbocycles. The fourth-order valence-electron chi connectivity index (χ4n) is 4.57. The van der Waals surface area contributed by atoms with Gasteiger partial charge in [-0.3, -0.25) is 9.59 Å². The number of hydrogen-bond donors (Lipinski definition) is 3. The lowest BCUT2D eigenvalue weighted by Gasteiger charge is -2.24. The fraction of sp³-hybridized carbons (Fsp3) is 0.333. The molecule has 38 heavy (non-hydrogen) atoms. The van der Waals surface area contributed by atoms with E-state index in [1.807, 2.05) is 26.0 Å². The minimum absolute atomic E-state index is 0.159. The summed E-state index contributed by atoms with van der Waals surface area (Å²) in [6, 6.07) is 7.36. The average Bonchev–Trinajstić information content (AvgIpc) is 3.40. The zero-order valence-electron chi connectivity index (χ0n) is 21.3. The maximum Gasteiger partial charge on any atom is 0.260 e. The van der Waals surface area contributed by atoms with E-state index >= 15 is 0 Å². The van der Waals surface area contributed by atoms with E-state index in [0.717, 1.165) is 35.0 Å². The number of pyridine rings is 1. The number of morpholine rings is 1. The van der Waals surface area contributed by atoms with Gasteiger partial charge in [0.1, 0.15) is 5.75 Å². The number of aromatic nitrogens is 3. The minimum atomic E-state index is -0.436. The van der Waals surface area contributed by atoms with Gasteiger partial charge in [-0.25, -0.2) is 0 Å². The van der Waals surface area contributed by atoms with Crippen LogP contribution in [0.1, 0.15) is 33.5 Å². The highest BCUT2D eigenvalue weighted by Crippen LogP contribution is 2.37. The van der Waals surface area contributed by atoms with E-state index in [4.69, 9.17) is 21.1 Å². The smallest absolute Gasteiger partial charge is 0.260 e. The number of aryl methyl sites for hydroxylation is 2. The fourth-order valence-corrected chi connectivity index (χ4v) is 5.19. The molecule has 0 saturated carbocycles. The molecule has 0 bridgehead atoms. The van der Waals surface area contributed by atoms with E-state index < -0.39 is 5.91 Å². The number of halogens is 1. The molecule has 1 unspecified atom stereocenters. The van der Waals surface area contributed by atoms with Gasteiger partial charge in [-0.2, -0.15) is 8.75 Å². The standard InChI is InChI=1S/C27H28ClN5O4S/c1-14-8-17(9-15(2)16(14)3)24-25(37-6-4-18-13-36-7-5-29-18)20-10-19(21(28)11-22(20)31-27(24)35)26(34)32-23-12-30-38-33-23/h8-12,18,29H,4-7,13H2,1-3H3,(H,31,35)(H,32,33,34). The largest absolute Gasteiger partial charge is 0.492 e. The number of rotatable bonds is 7. The lowest BCUT2D eigenvalue weighted by atomic mass is 9.95. The second-order valence-electron chi connectivity index (χ2n) is 9.38. The molecule has 0 aliphatic carbocycles. The number of nitrogens with zero attached hydrogens (tertiary/aromatic N) is 2. The van der Waals surface area contributed by atoms with Crippen molar-refractivity contribution in [3.8, 4) is 16.9 Å². The molecular formula is C27H28ClN5O4S. The summed E-state index contributed by atoms with van der Waals surface area (Å²) >= 11 is 7.47. The Bertz CT molecular complexity index is 1520. The van der Waals surface area contributed by atoms with Crippen LogP contribution in [0.15, 0.2) is 35.3 Å². The lowest BCUT2D eigenvalue weighted by Crippen LogP contribution is -2.42. The molecule has 4 aromatic rings. The maximum absolute atomic E-state index is 13.5. The number of ether oxygens (including phenoxy) is 2. The molecule has 1 aliphatic heterocycles. The van der Waals surface area contributed by atoms with Crippen LogP contribution in [-0.2, 0) is 4.74 Å². The van der Waals surface area contributed by atoms with E-state index in [1.165, 1.54) is 11.8 Å². The number of fused-ring (bicyclic) bond motifs is 1. The van der Waals surface area contributed by atoms with E-state index in [9.17, 15) is 9.59 Å². The maximum atomic E-state index is 13.5. The van der Waals surface area contributed by atoms with Crippen molar-refractivity contribution in [2.45, 2.75) is 33.2 Å². The summed E-state index contributed by atoms with van der Waals surface area (Å²) in [5.74, 6) is 0.306. The summed E-state index contributed by atoms with van der Waals surface area (Å²) in [5, 5.41) is 6.90. The first kappa shape index (κ1) is 26.3. The number of nitrogens with one attached hydrogen (secondary N) is 3. The first-order valence-corrected chi connectivity index (χ1v) is 13.4. The van der Waals surface area contributed by atoms with Crippen LogP contribution in [0.3, 0.4) is 0 Å². The molecule has 5 rings (SSSR count). The Morgan fingerprint density at radius 1 is 1.24 bits per heavy atom. The second-order valence-corrected chi connectivity index (χ2v) is 10.3. The Balaban J connectivity index is 1.62. The summed E-state index contributed by atoms with van der Waals surface area (Å²) in [6.45, 7) is 8.53. The third-order valence-corrected chi connectivity index (χ3v) is 7.62. The number of carbonyl (C=O) groups is 1. The van der Waals surface area contributed by atoms with Crippen molar-refractivity contribution < 1.29 is 14.3 Å². The van der Waals surface area contributed by atoms with E-state index in [2.05, 4.69) is 31.3 Å². The summed E-state index contributed by atoms with van der Waals surface area (Å²) in [4.78, 5) is 29.5. The Labute approximate surface area is 228 Å². The normalized spacial score (nSPS) is 15.5. The van der Waals surface area contributed by atoms with Crippen LogP contribution >= 0.6 is 23.3 Å². The Kier molecular flexibility index (Phi) is 7.75. The predicted molar refractivity (Wildman–Crippen MR) is 150 cm³/mol. The SMILES string of the molecule is Cc1cc(-c2c(OCCC3COCCN3)c3cc(C(=O)Nc4cnsn4)c(Cl)cc3[nH]c2=O)cc(C)c1C. The molecule has 2 aromatic heterocycles. The van der Waals surface area contributed by atoms with Gasteiger partial charge in [0.25, 0.3) is 11.5 Å². The van der Waals surface area contributed by atoms with Gasteiger partial charge in [0.15, 0.2) is 5.82 Å². The molecule has 1 amide bonds. The molecule has 1 saturated heterocycles. The van der Waals surface area contributed by atoms with Gasteiger partial charge in [-0.05, 0) is 61.6 Å². The third kappa shape index (κ3) is 5.44. The molecule has 1 atom stereocenters. The van der Waals surface area contributed by atoms with Gasteiger partial charge >= 0.3 is 0 Å². The van der Waals surface area contributed by atoms with Crippen LogP contribution in [-0.4, -0.2) is 52.0 Å². The van der Waals surface area contributed by atoms with Crippen molar-refractivity contribution >= 4 is 46.0 Å². The van der Waals surface area contributed by atoms with Gasteiger partial charge in [0.2, 0.25) is 0 Å². The monoisotopic (exact) mass is 553 g/mol. The molecular weight excluding hydrogens is 526 g/mol. The highest BCUT2D eigenvalue weighted by Gasteiger charge is 2.22. The van der Waals surface area contributed by atoms with Gasteiger partial charge in [-0.15, -0.1) is 0 Å². The molecule has 1 fully saturated rings. The molecule has 0 radical (unpaired) electrons. The molecule has 3 heterocycles. The number of aromatic amines is 1. The number of carbonyl (C=O) groups excluding carboxylic acids is 1. The number of anilines is 1. The summed E-state index contributed by atoms with van der Waals surface area (Å²) in [6.07, 6.45) is 2.16. The van der Waals surface area contributed by atoms with Crippen molar-refractivity contribution in [3.05, 3.63) is 68.1 Å². The molecule has 11 heteroatoms. The molecule has 9 nitrogen and oxygen atoms in total. The first-order chi connectivity index (χ1) is 18.3. The van der Waals surface area contributed by atoms with E-state index in [0.29, 0.717) is 54.3 Å². The van der Waals surface area contributed by atoms with Gasteiger partial charge < -0.3 is 25.1 Å². The summed E-state index contributed by atoms with van der Waals surface area (Å²) in [7, 11) is 0. The zero-order chi connectivity index (χ0) is 26.8. The highest BCUT2D eigenvalue weighted by atomic mass is 35.5. The highest BCUT2D eigenvalue weighted by molar-refractivity contribution is 6.99. The number of H-pyrrole nitrogens is 1.